The van der Waals surface area contributed by atoms with Crippen molar-refractivity contribution >= 4 is 29.5 Å². The lowest BCUT2D eigenvalue weighted by atomic mass is 10.1. The van der Waals surface area contributed by atoms with Crippen molar-refractivity contribution in [3.63, 3.8) is 0 Å². The molecular formula is C18H17ClN2O2. The number of amides is 2. The Morgan fingerprint density at radius 2 is 1.70 bits per heavy atom. The zero-order valence-corrected chi connectivity index (χ0v) is 13.4. The average Bonchev–Trinajstić information content (AvgIpc) is 2.57. The van der Waals surface area contributed by atoms with Crippen LogP contribution in [-0.4, -0.2) is 18.4 Å². The number of rotatable bonds is 5. The van der Waals surface area contributed by atoms with Gasteiger partial charge in [-0.15, -0.1) is 0 Å². The molecule has 2 N–H and O–H groups in total. The summed E-state index contributed by atoms with van der Waals surface area (Å²) in [4.78, 5) is 24.4. The summed E-state index contributed by atoms with van der Waals surface area (Å²) in [6.07, 6.45) is 1.61. The molecule has 0 fully saturated rings. The molecule has 2 aromatic rings. The molecule has 2 aromatic carbocycles. The lowest BCUT2D eigenvalue weighted by Gasteiger charge is -2.10. The van der Waals surface area contributed by atoms with Crippen molar-refractivity contribution < 1.29 is 9.59 Å². The van der Waals surface area contributed by atoms with Crippen LogP contribution in [-0.2, 0) is 4.79 Å². The van der Waals surface area contributed by atoms with Crippen LogP contribution < -0.4 is 10.6 Å². The normalized spacial score (nSPS) is 11.0. The van der Waals surface area contributed by atoms with Crippen LogP contribution >= 0.6 is 11.6 Å². The second kappa shape index (κ2) is 8.15. The third-order valence-corrected chi connectivity index (χ3v) is 3.30. The quantitative estimate of drug-likeness (QED) is 0.828. The van der Waals surface area contributed by atoms with Crippen LogP contribution in [0.1, 0.15) is 22.8 Å². The molecule has 0 bridgehead atoms. The van der Waals surface area contributed by atoms with Crippen LogP contribution in [0.2, 0.25) is 5.02 Å². The van der Waals surface area contributed by atoms with Crippen LogP contribution in [0.3, 0.4) is 0 Å². The monoisotopic (exact) mass is 328 g/mol. The molecule has 118 valence electrons. The van der Waals surface area contributed by atoms with Gasteiger partial charge in [-0.05, 0) is 42.8 Å². The van der Waals surface area contributed by atoms with Gasteiger partial charge in [-0.1, -0.05) is 41.9 Å². The highest BCUT2D eigenvalue weighted by Crippen LogP contribution is 2.12. The van der Waals surface area contributed by atoms with Gasteiger partial charge in [-0.2, -0.15) is 0 Å². The molecule has 5 heteroatoms. The Morgan fingerprint density at radius 1 is 1.04 bits per heavy atom. The highest BCUT2D eigenvalue weighted by atomic mass is 35.5. The van der Waals surface area contributed by atoms with Gasteiger partial charge in [-0.25, -0.2) is 0 Å². The van der Waals surface area contributed by atoms with E-state index in [2.05, 4.69) is 10.6 Å². The Labute approximate surface area is 140 Å². The third-order valence-electron chi connectivity index (χ3n) is 3.05. The van der Waals surface area contributed by atoms with E-state index < -0.39 is 0 Å². The van der Waals surface area contributed by atoms with Crippen molar-refractivity contribution in [1.82, 2.24) is 10.6 Å². The molecule has 0 aromatic heterocycles. The van der Waals surface area contributed by atoms with Gasteiger partial charge < -0.3 is 10.6 Å². The summed E-state index contributed by atoms with van der Waals surface area (Å²) < 4.78 is 0. The number of halogens is 1. The predicted molar refractivity (Wildman–Crippen MR) is 92.0 cm³/mol. The summed E-state index contributed by atoms with van der Waals surface area (Å²) >= 11 is 5.86. The summed E-state index contributed by atoms with van der Waals surface area (Å²) in [5.41, 5.74) is 1.44. The maximum Gasteiger partial charge on any atom is 0.267 e. The van der Waals surface area contributed by atoms with Crippen LogP contribution in [0.25, 0.3) is 6.08 Å². The summed E-state index contributed by atoms with van der Waals surface area (Å²) in [6, 6.07) is 15.7. The molecule has 0 spiro atoms. The Morgan fingerprint density at radius 3 is 2.30 bits per heavy atom. The number of carbonyl (C=O) groups excluding carboxylic acids is 2. The first-order valence-corrected chi connectivity index (χ1v) is 7.60. The molecule has 0 radical (unpaired) electrons. The van der Waals surface area contributed by atoms with E-state index in [1.54, 1.807) is 54.6 Å². The van der Waals surface area contributed by atoms with E-state index in [1.807, 2.05) is 13.0 Å². The number of hydrogen-bond donors (Lipinski definition) is 2. The molecule has 0 atom stereocenters. The highest BCUT2D eigenvalue weighted by molar-refractivity contribution is 6.30. The first-order chi connectivity index (χ1) is 11.1. The topological polar surface area (TPSA) is 58.2 Å². The van der Waals surface area contributed by atoms with E-state index in [-0.39, 0.29) is 17.5 Å². The Bertz CT molecular complexity index is 710. The van der Waals surface area contributed by atoms with Gasteiger partial charge in [0.2, 0.25) is 0 Å². The van der Waals surface area contributed by atoms with Crippen LogP contribution in [0.15, 0.2) is 60.3 Å². The lowest BCUT2D eigenvalue weighted by molar-refractivity contribution is -0.117. The molecule has 0 saturated carbocycles. The van der Waals surface area contributed by atoms with Gasteiger partial charge in [0.25, 0.3) is 11.8 Å². The standard InChI is InChI=1S/C18H17ClN2O2/c1-2-20-18(23)16(12-13-8-10-15(19)11-9-13)21-17(22)14-6-4-3-5-7-14/h3-12H,2H2,1H3,(H,20,23)(H,21,22)/b16-12+. The van der Waals surface area contributed by atoms with Gasteiger partial charge >= 0.3 is 0 Å². The Balaban J connectivity index is 2.25. The highest BCUT2D eigenvalue weighted by Gasteiger charge is 2.13. The SMILES string of the molecule is CCNC(=O)/C(=C\c1ccc(Cl)cc1)NC(=O)c1ccccc1. The average molecular weight is 329 g/mol. The van der Waals surface area contributed by atoms with Gasteiger partial charge in [0.1, 0.15) is 5.70 Å². The molecule has 2 amide bonds. The zero-order valence-electron chi connectivity index (χ0n) is 12.7. The number of hydrogen-bond acceptors (Lipinski definition) is 2. The Kier molecular flexibility index (Phi) is 5.94. The molecule has 0 aliphatic rings. The fourth-order valence-electron chi connectivity index (χ4n) is 1.92. The molecule has 2 rings (SSSR count). The van der Waals surface area contributed by atoms with Gasteiger partial charge in [0, 0.05) is 17.1 Å². The predicted octanol–water partition coefficient (Wildman–Crippen LogP) is 3.25. The van der Waals surface area contributed by atoms with E-state index in [4.69, 9.17) is 11.6 Å². The summed E-state index contributed by atoms with van der Waals surface area (Å²) in [6.45, 7) is 2.29. The molecule has 0 aliphatic heterocycles. The van der Waals surface area contributed by atoms with E-state index in [9.17, 15) is 9.59 Å². The van der Waals surface area contributed by atoms with E-state index in [0.717, 1.165) is 5.56 Å². The van der Waals surface area contributed by atoms with Crippen LogP contribution in [0, 0.1) is 0 Å². The molecule has 0 saturated heterocycles. The van der Waals surface area contributed by atoms with E-state index in [0.29, 0.717) is 17.1 Å². The van der Waals surface area contributed by atoms with Gasteiger partial charge in [-0.3, -0.25) is 9.59 Å². The number of nitrogens with one attached hydrogen (secondary N) is 2. The van der Waals surface area contributed by atoms with E-state index >= 15 is 0 Å². The first kappa shape index (κ1) is 16.8. The molecule has 0 heterocycles. The third kappa shape index (κ3) is 4.97. The molecular weight excluding hydrogens is 312 g/mol. The Hall–Kier alpha value is -2.59. The first-order valence-electron chi connectivity index (χ1n) is 7.22. The van der Waals surface area contributed by atoms with Crippen LogP contribution in [0.5, 0.6) is 0 Å². The van der Waals surface area contributed by atoms with Gasteiger partial charge in [0.05, 0.1) is 0 Å². The molecule has 4 nitrogen and oxygen atoms in total. The second-order valence-corrected chi connectivity index (χ2v) is 5.23. The number of carbonyl (C=O) groups is 2. The van der Waals surface area contributed by atoms with Crippen molar-refractivity contribution in [2.24, 2.45) is 0 Å². The molecule has 0 unspecified atom stereocenters. The lowest BCUT2D eigenvalue weighted by Crippen LogP contribution is -2.34. The maximum atomic E-state index is 12.3. The van der Waals surface area contributed by atoms with Gasteiger partial charge in [0.15, 0.2) is 0 Å². The van der Waals surface area contributed by atoms with Crippen molar-refractivity contribution in [2.75, 3.05) is 6.54 Å². The summed E-state index contributed by atoms with van der Waals surface area (Å²) in [5.74, 6) is -0.677. The smallest absolute Gasteiger partial charge is 0.267 e. The van der Waals surface area contributed by atoms with Crippen molar-refractivity contribution in [2.45, 2.75) is 6.92 Å². The van der Waals surface area contributed by atoms with Crippen LogP contribution in [0.4, 0.5) is 0 Å². The molecule has 23 heavy (non-hydrogen) atoms. The fraction of sp³-hybridized carbons (Fsp3) is 0.111. The number of benzene rings is 2. The summed E-state index contributed by atoms with van der Waals surface area (Å²) in [7, 11) is 0. The van der Waals surface area contributed by atoms with E-state index in [1.165, 1.54) is 0 Å². The maximum absolute atomic E-state index is 12.3. The zero-order chi connectivity index (χ0) is 16.7. The second-order valence-electron chi connectivity index (χ2n) is 4.79. The minimum Gasteiger partial charge on any atom is -0.351 e. The largest absolute Gasteiger partial charge is 0.351 e. The van der Waals surface area contributed by atoms with Crippen molar-refractivity contribution in [1.29, 1.82) is 0 Å². The minimum atomic E-state index is -0.341. The number of likely N-dealkylation sites (N-methyl/N-ethyl adjacent to an activating group) is 1. The molecule has 0 aliphatic carbocycles. The summed E-state index contributed by atoms with van der Waals surface area (Å²) in [5, 5.41) is 5.95. The fourth-order valence-corrected chi connectivity index (χ4v) is 2.05. The minimum absolute atomic E-state index is 0.183. The van der Waals surface area contributed by atoms with Crippen molar-refractivity contribution in [3.8, 4) is 0 Å². The van der Waals surface area contributed by atoms with Crippen molar-refractivity contribution in [3.05, 3.63) is 76.4 Å².